The second-order valence-corrected chi connectivity index (χ2v) is 10.9. The Labute approximate surface area is 232 Å². The molecule has 3 aromatic carbocycles. The van der Waals surface area contributed by atoms with Crippen LogP contribution in [0.3, 0.4) is 0 Å². The van der Waals surface area contributed by atoms with Crippen molar-refractivity contribution in [3.63, 3.8) is 0 Å². The van der Waals surface area contributed by atoms with E-state index in [4.69, 9.17) is 13.9 Å². The van der Waals surface area contributed by atoms with E-state index in [9.17, 15) is 33.0 Å². The van der Waals surface area contributed by atoms with Crippen LogP contribution in [-0.2, 0) is 26.3 Å². The van der Waals surface area contributed by atoms with Crippen molar-refractivity contribution in [2.24, 2.45) is 5.41 Å². The van der Waals surface area contributed by atoms with E-state index >= 15 is 0 Å². The minimum atomic E-state index is -5.18. The molecule has 0 bridgehead atoms. The highest BCUT2D eigenvalue weighted by molar-refractivity contribution is 5.88. The maximum atomic E-state index is 14.5. The number of hydrogen-bond donors (Lipinski definition) is 2. The number of phenolic OH excluding ortho intramolecular Hbond substituents is 2. The third kappa shape index (κ3) is 4.82. The number of methoxy groups -OCH3 is 1. The summed E-state index contributed by atoms with van der Waals surface area (Å²) < 4.78 is 59.9. The molecule has 1 aliphatic rings. The predicted molar refractivity (Wildman–Crippen MR) is 143 cm³/mol. The zero-order valence-corrected chi connectivity index (χ0v) is 22.4. The lowest BCUT2D eigenvalue weighted by Gasteiger charge is -2.39. The maximum absolute atomic E-state index is 14.5. The molecule has 214 valence electrons. The molecule has 7 nitrogen and oxygen atoms in total. The molecule has 41 heavy (non-hydrogen) atoms. The Hall–Kier alpha value is -4.31. The van der Waals surface area contributed by atoms with Crippen LogP contribution in [0.1, 0.15) is 43.1 Å². The van der Waals surface area contributed by atoms with E-state index in [1.165, 1.54) is 36.4 Å². The van der Waals surface area contributed by atoms with Gasteiger partial charge in [-0.05, 0) is 54.2 Å². The van der Waals surface area contributed by atoms with Gasteiger partial charge in [-0.25, -0.2) is 4.79 Å². The average Bonchev–Trinajstić information content (AvgIpc) is 2.88. The second-order valence-electron chi connectivity index (χ2n) is 10.9. The molecule has 0 spiro atoms. The van der Waals surface area contributed by atoms with Crippen molar-refractivity contribution in [2.45, 2.75) is 44.6 Å². The molecule has 0 saturated heterocycles. The van der Waals surface area contributed by atoms with Gasteiger partial charge in [-0.1, -0.05) is 44.2 Å². The predicted octanol–water partition coefficient (Wildman–Crippen LogP) is 6.53. The normalized spacial score (nSPS) is 18.0. The van der Waals surface area contributed by atoms with Crippen molar-refractivity contribution in [2.75, 3.05) is 7.11 Å². The number of esters is 1. The molecule has 1 heterocycles. The fourth-order valence-electron chi connectivity index (χ4n) is 5.53. The SMILES string of the molecule is CO[C@](C(=O)O[C@@H]1CC(C)(C)Cc2cc3oc(-c4ccc(O)cc4)cc(=O)c3c(O)c21)(c1ccccc1)C(F)(F)F. The largest absolute Gasteiger partial charge is 0.508 e. The Bertz CT molecular complexity index is 1680. The lowest BCUT2D eigenvalue weighted by Crippen LogP contribution is -2.52. The molecule has 10 heteroatoms. The molecule has 5 rings (SSSR count). The molecular weight excluding hydrogens is 541 g/mol. The summed E-state index contributed by atoms with van der Waals surface area (Å²) in [5, 5.41) is 20.7. The van der Waals surface area contributed by atoms with E-state index in [0.29, 0.717) is 17.5 Å². The van der Waals surface area contributed by atoms with E-state index in [0.717, 1.165) is 19.2 Å². The molecule has 0 aliphatic heterocycles. The maximum Gasteiger partial charge on any atom is 0.432 e. The fourth-order valence-corrected chi connectivity index (χ4v) is 5.53. The summed E-state index contributed by atoms with van der Waals surface area (Å²) in [6.07, 6.45) is -6.05. The number of phenols is 2. The molecular formula is C31H27F3O7. The van der Waals surface area contributed by atoms with Crippen LogP contribution in [0.4, 0.5) is 13.2 Å². The van der Waals surface area contributed by atoms with Crippen molar-refractivity contribution in [3.8, 4) is 22.8 Å². The Morgan fingerprint density at radius 3 is 2.29 bits per heavy atom. The first-order valence-electron chi connectivity index (χ1n) is 12.8. The van der Waals surface area contributed by atoms with Gasteiger partial charge >= 0.3 is 12.1 Å². The van der Waals surface area contributed by atoms with E-state index in [1.807, 2.05) is 13.8 Å². The number of aromatic hydroxyl groups is 2. The molecule has 0 radical (unpaired) electrons. The summed E-state index contributed by atoms with van der Waals surface area (Å²) in [7, 11) is 0.780. The molecule has 1 aliphatic carbocycles. The summed E-state index contributed by atoms with van der Waals surface area (Å²) >= 11 is 0. The number of benzene rings is 3. The molecule has 0 saturated carbocycles. The van der Waals surface area contributed by atoms with Gasteiger partial charge < -0.3 is 24.1 Å². The van der Waals surface area contributed by atoms with Crippen LogP contribution in [0, 0.1) is 5.41 Å². The van der Waals surface area contributed by atoms with Crippen molar-refractivity contribution < 1.29 is 42.1 Å². The number of rotatable bonds is 5. The minimum absolute atomic E-state index is 0.0294. The Morgan fingerprint density at radius 1 is 1.02 bits per heavy atom. The monoisotopic (exact) mass is 568 g/mol. The van der Waals surface area contributed by atoms with Gasteiger partial charge in [0.1, 0.15) is 34.3 Å². The highest BCUT2D eigenvalue weighted by Crippen LogP contribution is 2.50. The Kier molecular flexibility index (Phi) is 6.85. The van der Waals surface area contributed by atoms with Crippen LogP contribution < -0.4 is 5.43 Å². The third-order valence-electron chi connectivity index (χ3n) is 7.42. The zero-order valence-electron chi connectivity index (χ0n) is 22.4. The van der Waals surface area contributed by atoms with Crippen molar-refractivity contribution in [3.05, 3.63) is 93.6 Å². The van der Waals surface area contributed by atoms with Crippen LogP contribution in [0.2, 0.25) is 0 Å². The van der Waals surface area contributed by atoms with Gasteiger partial charge in [0.15, 0.2) is 5.43 Å². The summed E-state index contributed by atoms with van der Waals surface area (Å²) in [6.45, 7) is 3.71. The minimum Gasteiger partial charge on any atom is -0.508 e. The molecule has 0 amide bonds. The number of halogens is 3. The zero-order chi connectivity index (χ0) is 29.7. The first-order chi connectivity index (χ1) is 19.3. The van der Waals surface area contributed by atoms with Gasteiger partial charge in [-0.3, -0.25) is 4.79 Å². The molecule has 0 fully saturated rings. The lowest BCUT2D eigenvalue weighted by atomic mass is 9.72. The quantitative estimate of drug-likeness (QED) is 0.264. The number of carbonyl (C=O) groups excluding carboxylic acids is 1. The van der Waals surface area contributed by atoms with Gasteiger partial charge in [0.2, 0.25) is 0 Å². The Morgan fingerprint density at radius 2 is 1.68 bits per heavy atom. The summed E-state index contributed by atoms with van der Waals surface area (Å²) in [5.41, 5.74) is -3.95. The van der Waals surface area contributed by atoms with Crippen LogP contribution in [-0.4, -0.2) is 29.5 Å². The van der Waals surface area contributed by atoms with Crippen molar-refractivity contribution in [1.29, 1.82) is 0 Å². The first kappa shape index (κ1) is 28.2. The van der Waals surface area contributed by atoms with E-state index in [1.54, 1.807) is 18.2 Å². The van der Waals surface area contributed by atoms with Gasteiger partial charge in [0, 0.05) is 29.9 Å². The van der Waals surface area contributed by atoms with Crippen LogP contribution >= 0.6 is 0 Å². The van der Waals surface area contributed by atoms with Crippen LogP contribution in [0.25, 0.3) is 22.3 Å². The van der Waals surface area contributed by atoms with Gasteiger partial charge in [0.25, 0.3) is 5.60 Å². The highest BCUT2D eigenvalue weighted by Gasteiger charge is 2.64. The molecule has 1 aromatic heterocycles. The van der Waals surface area contributed by atoms with Gasteiger partial charge in [0.05, 0.1) is 0 Å². The lowest BCUT2D eigenvalue weighted by molar-refractivity contribution is -0.279. The Balaban J connectivity index is 1.64. The third-order valence-corrected chi connectivity index (χ3v) is 7.42. The van der Waals surface area contributed by atoms with E-state index in [2.05, 4.69) is 0 Å². The molecule has 4 aromatic rings. The number of fused-ring (bicyclic) bond motifs is 2. The molecule has 0 unspecified atom stereocenters. The smallest absolute Gasteiger partial charge is 0.432 e. The number of carbonyl (C=O) groups is 1. The summed E-state index contributed by atoms with van der Waals surface area (Å²) in [5.74, 6) is -1.99. The standard InChI is InChI=1S/C31H27F3O7/c1-29(2)15-18-13-23-26(21(36)14-22(40-23)17-9-11-20(35)12-10-17)27(37)25(18)24(16-29)41-28(38)30(39-3,31(32,33)34)19-7-5-4-6-8-19/h4-14,24,35,37H,15-16H2,1-3H3/t24-,30+/m1/s1. The van der Waals surface area contributed by atoms with Gasteiger partial charge in [-0.2, -0.15) is 13.2 Å². The van der Waals surface area contributed by atoms with E-state index in [-0.39, 0.29) is 34.5 Å². The summed E-state index contributed by atoms with van der Waals surface area (Å²) in [4.78, 5) is 26.6. The fraction of sp³-hybridized carbons (Fsp3) is 0.290. The highest BCUT2D eigenvalue weighted by atomic mass is 19.4. The van der Waals surface area contributed by atoms with Crippen molar-refractivity contribution in [1.82, 2.24) is 0 Å². The van der Waals surface area contributed by atoms with Gasteiger partial charge in [-0.15, -0.1) is 0 Å². The topological polar surface area (TPSA) is 106 Å². The first-order valence-corrected chi connectivity index (χ1v) is 12.8. The number of ether oxygens (including phenoxy) is 2. The second kappa shape index (κ2) is 9.95. The molecule has 2 N–H and O–H groups in total. The van der Waals surface area contributed by atoms with Crippen molar-refractivity contribution >= 4 is 16.9 Å². The van der Waals surface area contributed by atoms with Crippen LogP contribution in [0.5, 0.6) is 11.5 Å². The average molecular weight is 569 g/mol. The number of alkyl halides is 3. The van der Waals surface area contributed by atoms with E-state index < -0.39 is 46.0 Å². The molecule has 2 atom stereocenters. The van der Waals surface area contributed by atoms with Crippen LogP contribution in [0.15, 0.2) is 75.9 Å². The number of hydrogen-bond acceptors (Lipinski definition) is 7. The summed E-state index contributed by atoms with van der Waals surface area (Å²) in [6, 6.07) is 15.2.